The van der Waals surface area contributed by atoms with Crippen LogP contribution in [0.15, 0.2) is 4.99 Å². The van der Waals surface area contributed by atoms with Gasteiger partial charge in [0.1, 0.15) is 0 Å². The third-order valence-electron chi connectivity index (χ3n) is 1.90. The van der Waals surface area contributed by atoms with Crippen molar-refractivity contribution in [2.24, 2.45) is 4.99 Å². The van der Waals surface area contributed by atoms with Gasteiger partial charge in [0.2, 0.25) is 6.08 Å². The number of nitrogens with one attached hydrogen (secondary N) is 1. The fraction of sp³-hybridized carbons (Fsp3) is 0.778. The zero-order valence-electron chi connectivity index (χ0n) is 8.70. The molecule has 0 aromatic heterocycles. The Kier molecular flexibility index (Phi) is 4.87. The molecule has 1 unspecified atom stereocenters. The number of carbonyl (C=O) groups is 1. The number of aliphatic imine (C=N–C) groups is 1. The molecule has 0 radical (unpaired) electrons. The molecule has 2 N–H and O–H groups in total. The number of carbonyl (C=O) groups excluding carboxylic acids is 1. The molecule has 14 heavy (non-hydrogen) atoms. The number of rotatable bonds is 5. The highest BCUT2D eigenvalue weighted by atomic mass is 16.4. The number of hydrogen-bond acceptors (Lipinski definition) is 3. The summed E-state index contributed by atoms with van der Waals surface area (Å²) in [7, 11) is 0. The van der Waals surface area contributed by atoms with Gasteiger partial charge < -0.3 is 10.4 Å². The van der Waals surface area contributed by atoms with Gasteiger partial charge in [-0.25, -0.2) is 14.6 Å². The van der Waals surface area contributed by atoms with Crippen molar-refractivity contribution in [1.82, 2.24) is 5.32 Å². The molecule has 0 saturated heterocycles. The van der Waals surface area contributed by atoms with E-state index in [1.54, 1.807) is 13.8 Å². The minimum Gasteiger partial charge on any atom is -0.465 e. The van der Waals surface area contributed by atoms with Gasteiger partial charge in [0, 0.05) is 5.54 Å². The van der Waals surface area contributed by atoms with Crippen LogP contribution < -0.4 is 5.32 Å². The van der Waals surface area contributed by atoms with Gasteiger partial charge in [0.25, 0.3) is 0 Å². The first-order valence-corrected chi connectivity index (χ1v) is 4.49. The van der Waals surface area contributed by atoms with E-state index in [1.807, 2.05) is 6.92 Å². The largest absolute Gasteiger partial charge is 0.465 e. The van der Waals surface area contributed by atoms with E-state index in [9.17, 15) is 9.59 Å². The zero-order valence-corrected chi connectivity index (χ0v) is 8.70. The quantitative estimate of drug-likeness (QED) is 0.522. The summed E-state index contributed by atoms with van der Waals surface area (Å²) in [6.45, 7) is 5.40. The Hall–Kier alpha value is -1.35. The summed E-state index contributed by atoms with van der Waals surface area (Å²) in [5, 5.41) is 10.9. The molecule has 0 fully saturated rings. The van der Waals surface area contributed by atoms with Crippen LogP contribution in [-0.4, -0.2) is 28.9 Å². The molecule has 0 rings (SSSR count). The average molecular weight is 200 g/mol. The summed E-state index contributed by atoms with van der Waals surface area (Å²) in [6, 6.07) is -0.172. The number of amides is 1. The van der Waals surface area contributed by atoms with Crippen LogP contribution in [0, 0.1) is 0 Å². The molecule has 0 heterocycles. The molecule has 80 valence electrons. The lowest BCUT2D eigenvalue weighted by molar-refractivity contribution is 0.179. The second kappa shape index (κ2) is 5.40. The first kappa shape index (κ1) is 12.7. The number of nitrogens with zero attached hydrogens (tertiary/aromatic N) is 1. The molecule has 0 aliphatic rings. The van der Waals surface area contributed by atoms with E-state index in [1.165, 1.54) is 6.08 Å². The third-order valence-corrected chi connectivity index (χ3v) is 1.90. The van der Waals surface area contributed by atoms with Gasteiger partial charge in [-0.3, -0.25) is 0 Å². The molecular formula is C9H16N2O3. The van der Waals surface area contributed by atoms with Gasteiger partial charge in [-0.2, -0.15) is 0 Å². The molecule has 0 bridgehead atoms. The van der Waals surface area contributed by atoms with E-state index >= 15 is 0 Å². The SMILES string of the molecule is CCC(CC(C)(C)NC(=O)O)N=C=O. The highest BCUT2D eigenvalue weighted by molar-refractivity contribution is 5.65. The lowest BCUT2D eigenvalue weighted by Crippen LogP contribution is -2.44. The maximum atomic E-state index is 10.4. The molecule has 0 spiro atoms. The maximum Gasteiger partial charge on any atom is 0.405 e. The summed E-state index contributed by atoms with van der Waals surface area (Å²) in [5.74, 6) is 0. The van der Waals surface area contributed by atoms with Crippen LogP contribution in [0.2, 0.25) is 0 Å². The van der Waals surface area contributed by atoms with E-state index in [2.05, 4.69) is 10.3 Å². The van der Waals surface area contributed by atoms with Crippen LogP contribution in [0.1, 0.15) is 33.6 Å². The van der Waals surface area contributed by atoms with Crippen molar-refractivity contribution in [3.8, 4) is 0 Å². The Labute approximate surface area is 83.2 Å². The van der Waals surface area contributed by atoms with Crippen LogP contribution in [0.25, 0.3) is 0 Å². The summed E-state index contributed by atoms with van der Waals surface area (Å²) in [6.07, 6.45) is 1.61. The Balaban J connectivity index is 4.30. The second-order valence-electron chi connectivity index (χ2n) is 3.80. The first-order chi connectivity index (χ1) is 6.41. The van der Waals surface area contributed by atoms with E-state index < -0.39 is 11.6 Å². The van der Waals surface area contributed by atoms with Crippen LogP contribution >= 0.6 is 0 Å². The summed E-state index contributed by atoms with van der Waals surface area (Å²) in [5.41, 5.74) is -0.577. The lowest BCUT2D eigenvalue weighted by atomic mass is 9.94. The maximum absolute atomic E-state index is 10.4. The molecule has 0 aromatic carbocycles. The highest BCUT2D eigenvalue weighted by Gasteiger charge is 2.23. The van der Waals surface area contributed by atoms with Crippen molar-refractivity contribution in [2.45, 2.75) is 45.2 Å². The van der Waals surface area contributed by atoms with Gasteiger partial charge >= 0.3 is 6.09 Å². The first-order valence-electron chi connectivity index (χ1n) is 4.49. The highest BCUT2D eigenvalue weighted by Crippen LogP contribution is 2.15. The van der Waals surface area contributed by atoms with Crippen molar-refractivity contribution in [2.75, 3.05) is 0 Å². The molecule has 5 nitrogen and oxygen atoms in total. The van der Waals surface area contributed by atoms with Gasteiger partial charge in [-0.15, -0.1) is 0 Å². The molecule has 0 saturated carbocycles. The Bertz CT molecular complexity index is 244. The smallest absolute Gasteiger partial charge is 0.405 e. The number of isocyanates is 1. The van der Waals surface area contributed by atoms with Crippen LogP contribution in [-0.2, 0) is 4.79 Å². The molecule has 0 aromatic rings. The summed E-state index contributed by atoms with van der Waals surface area (Å²) >= 11 is 0. The number of hydrogen-bond donors (Lipinski definition) is 2. The molecule has 1 atom stereocenters. The van der Waals surface area contributed by atoms with E-state index in [0.717, 1.165) is 0 Å². The van der Waals surface area contributed by atoms with Crippen molar-refractivity contribution < 1.29 is 14.7 Å². The van der Waals surface area contributed by atoms with Crippen molar-refractivity contribution in [3.63, 3.8) is 0 Å². The number of carboxylic acid groups (broad SMARTS) is 1. The minimum absolute atomic E-state index is 0.172. The Morgan fingerprint density at radius 2 is 2.21 bits per heavy atom. The predicted molar refractivity (Wildman–Crippen MR) is 52.1 cm³/mol. The topological polar surface area (TPSA) is 78.8 Å². The normalized spacial score (nSPS) is 12.8. The predicted octanol–water partition coefficient (Wildman–Crippen LogP) is 1.54. The molecule has 1 amide bonds. The minimum atomic E-state index is -1.07. The van der Waals surface area contributed by atoms with Crippen molar-refractivity contribution >= 4 is 12.2 Å². The monoisotopic (exact) mass is 200 g/mol. The van der Waals surface area contributed by atoms with Gasteiger partial charge in [0.15, 0.2) is 0 Å². The third kappa shape index (κ3) is 5.32. The average Bonchev–Trinajstić information content (AvgIpc) is 2.00. The Morgan fingerprint density at radius 1 is 1.64 bits per heavy atom. The molecule has 5 heteroatoms. The zero-order chi connectivity index (χ0) is 11.2. The molecular weight excluding hydrogens is 184 g/mol. The van der Waals surface area contributed by atoms with Crippen LogP contribution in [0.5, 0.6) is 0 Å². The van der Waals surface area contributed by atoms with Gasteiger partial charge in [0.05, 0.1) is 6.04 Å². The van der Waals surface area contributed by atoms with E-state index in [0.29, 0.717) is 12.8 Å². The van der Waals surface area contributed by atoms with Crippen LogP contribution in [0.4, 0.5) is 4.79 Å². The molecule has 0 aliphatic carbocycles. The van der Waals surface area contributed by atoms with Crippen molar-refractivity contribution in [3.05, 3.63) is 0 Å². The summed E-state index contributed by atoms with van der Waals surface area (Å²) in [4.78, 5) is 24.1. The van der Waals surface area contributed by atoms with Crippen LogP contribution in [0.3, 0.4) is 0 Å². The van der Waals surface area contributed by atoms with E-state index in [-0.39, 0.29) is 6.04 Å². The standard InChI is InChI=1S/C9H16N2O3/c1-4-7(10-6-12)5-9(2,3)11-8(13)14/h7,11H,4-5H2,1-3H3,(H,13,14). The fourth-order valence-corrected chi connectivity index (χ4v) is 1.29. The second-order valence-corrected chi connectivity index (χ2v) is 3.80. The molecule has 0 aliphatic heterocycles. The van der Waals surface area contributed by atoms with Gasteiger partial charge in [-0.05, 0) is 26.7 Å². The lowest BCUT2D eigenvalue weighted by Gasteiger charge is -2.26. The van der Waals surface area contributed by atoms with E-state index in [4.69, 9.17) is 5.11 Å². The summed E-state index contributed by atoms with van der Waals surface area (Å²) < 4.78 is 0. The van der Waals surface area contributed by atoms with Crippen molar-refractivity contribution in [1.29, 1.82) is 0 Å². The Morgan fingerprint density at radius 3 is 2.57 bits per heavy atom. The fourth-order valence-electron chi connectivity index (χ4n) is 1.29. The van der Waals surface area contributed by atoms with Gasteiger partial charge in [-0.1, -0.05) is 6.92 Å².